The SMILES string of the molecule is Cc1ccc(C)c(-n2ccnc2SCC(=O)NC2CCC(O)CC2)c1. The second-order valence-corrected chi connectivity index (χ2v) is 7.67. The Labute approximate surface area is 152 Å². The number of nitrogens with zero attached hydrogens (tertiary/aromatic N) is 2. The van der Waals surface area contributed by atoms with Crippen molar-refractivity contribution in [2.75, 3.05) is 5.75 Å². The van der Waals surface area contributed by atoms with E-state index in [2.05, 4.69) is 42.3 Å². The van der Waals surface area contributed by atoms with Gasteiger partial charge < -0.3 is 10.4 Å². The molecule has 0 bridgehead atoms. The molecule has 5 nitrogen and oxygen atoms in total. The summed E-state index contributed by atoms with van der Waals surface area (Å²) >= 11 is 1.45. The van der Waals surface area contributed by atoms with Crippen LogP contribution in [0.25, 0.3) is 5.69 Å². The molecule has 1 fully saturated rings. The van der Waals surface area contributed by atoms with Gasteiger partial charge in [-0.2, -0.15) is 0 Å². The lowest BCUT2D eigenvalue weighted by Crippen LogP contribution is -2.39. The number of benzene rings is 1. The third-order valence-corrected chi connectivity index (χ3v) is 5.59. The highest BCUT2D eigenvalue weighted by Crippen LogP contribution is 2.24. The summed E-state index contributed by atoms with van der Waals surface area (Å²) in [7, 11) is 0. The van der Waals surface area contributed by atoms with Gasteiger partial charge in [-0.05, 0) is 56.7 Å². The summed E-state index contributed by atoms with van der Waals surface area (Å²) in [4.78, 5) is 16.6. The molecule has 0 spiro atoms. The maximum atomic E-state index is 12.2. The van der Waals surface area contributed by atoms with Crippen LogP contribution in [0.4, 0.5) is 0 Å². The van der Waals surface area contributed by atoms with Gasteiger partial charge in [-0.1, -0.05) is 23.9 Å². The molecule has 6 heteroatoms. The maximum absolute atomic E-state index is 12.2. The number of aliphatic hydroxyl groups is 1. The Morgan fingerprint density at radius 2 is 2.08 bits per heavy atom. The second kappa shape index (κ2) is 8.06. The molecule has 1 heterocycles. The molecule has 1 aliphatic carbocycles. The number of imidazole rings is 1. The highest BCUT2D eigenvalue weighted by molar-refractivity contribution is 7.99. The number of aliphatic hydroxyl groups excluding tert-OH is 1. The maximum Gasteiger partial charge on any atom is 0.230 e. The number of hydrogen-bond donors (Lipinski definition) is 2. The van der Waals surface area contributed by atoms with E-state index < -0.39 is 0 Å². The highest BCUT2D eigenvalue weighted by Gasteiger charge is 2.21. The van der Waals surface area contributed by atoms with Crippen molar-refractivity contribution in [1.29, 1.82) is 0 Å². The van der Waals surface area contributed by atoms with Gasteiger partial charge in [-0.25, -0.2) is 4.98 Å². The minimum Gasteiger partial charge on any atom is -0.393 e. The molecule has 0 aliphatic heterocycles. The molecule has 0 atom stereocenters. The van der Waals surface area contributed by atoms with Gasteiger partial charge in [0, 0.05) is 18.4 Å². The van der Waals surface area contributed by atoms with E-state index in [1.54, 1.807) is 6.20 Å². The molecule has 1 aliphatic rings. The predicted octanol–water partition coefficient (Wildman–Crippen LogP) is 3.00. The fourth-order valence-electron chi connectivity index (χ4n) is 3.18. The van der Waals surface area contributed by atoms with Crippen molar-refractivity contribution >= 4 is 17.7 Å². The summed E-state index contributed by atoms with van der Waals surface area (Å²) in [6, 6.07) is 6.52. The third-order valence-electron chi connectivity index (χ3n) is 4.63. The molecular weight excluding hydrogens is 334 g/mol. The van der Waals surface area contributed by atoms with E-state index in [0.29, 0.717) is 5.75 Å². The van der Waals surface area contributed by atoms with Crippen molar-refractivity contribution in [3.8, 4) is 5.69 Å². The van der Waals surface area contributed by atoms with Crippen molar-refractivity contribution in [3.63, 3.8) is 0 Å². The Morgan fingerprint density at radius 3 is 2.84 bits per heavy atom. The number of carbonyl (C=O) groups is 1. The van der Waals surface area contributed by atoms with E-state index in [1.165, 1.54) is 22.9 Å². The largest absolute Gasteiger partial charge is 0.393 e. The molecule has 2 N–H and O–H groups in total. The number of carbonyl (C=O) groups excluding carboxylic acids is 1. The van der Waals surface area contributed by atoms with Gasteiger partial charge in [0.1, 0.15) is 0 Å². The minimum atomic E-state index is -0.201. The van der Waals surface area contributed by atoms with Crippen LogP contribution >= 0.6 is 11.8 Å². The first kappa shape index (κ1) is 18.0. The number of aryl methyl sites for hydroxylation is 2. The smallest absolute Gasteiger partial charge is 0.230 e. The van der Waals surface area contributed by atoms with Crippen LogP contribution in [0.3, 0.4) is 0 Å². The summed E-state index contributed by atoms with van der Waals surface area (Å²) in [5.74, 6) is 0.378. The third kappa shape index (κ3) is 4.64. The lowest BCUT2D eigenvalue weighted by molar-refractivity contribution is -0.119. The van der Waals surface area contributed by atoms with Crippen LogP contribution in [0.2, 0.25) is 0 Å². The van der Waals surface area contributed by atoms with E-state index in [-0.39, 0.29) is 18.1 Å². The van der Waals surface area contributed by atoms with Crippen molar-refractivity contribution in [2.24, 2.45) is 0 Å². The van der Waals surface area contributed by atoms with Crippen LogP contribution in [0.5, 0.6) is 0 Å². The molecule has 1 aromatic heterocycles. The van der Waals surface area contributed by atoms with Crippen molar-refractivity contribution < 1.29 is 9.90 Å². The first-order chi connectivity index (χ1) is 12.0. The number of nitrogens with one attached hydrogen (secondary N) is 1. The predicted molar refractivity (Wildman–Crippen MR) is 100 cm³/mol. The van der Waals surface area contributed by atoms with Crippen molar-refractivity contribution in [1.82, 2.24) is 14.9 Å². The monoisotopic (exact) mass is 359 g/mol. The van der Waals surface area contributed by atoms with Gasteiger partial charge in [-0.3, -0.25) is 9.36 Å². The Morgan fingerprint density at radius 1 is 1.32 bits per heavy atom. The van der Waals surface area contributed by atoms with Gasteiger partial charge in [0.05, 0.1) is 17.5 Å². The van der Waals surface area contributed by atoms with Gasteiger partial charge in [0.25, 0.3) is 0 Å². The number of rotatable bonds is 5. The molecule has 134 valence electrons. The minimum absolute atomic E-state index is 0.0295. The Kier molecular flexibility index (Phi) is 5.81. The molecule has 2 aromatic rings. The summed E-state index contributed by atoms with van der Waals surface area (Å²) in [6.45, 7) is 4.15. The molecule has 0 radical (unpaired) electrons. The fraction of sp³-hybridized carbons (Fsp3) is 0.474. The summed E-state index contributed by atoms with van der Waals surface area (Å²) < 4.78 is 2.04. The lowest BCUT2D eigenvalue weighted by Gasteiger charge is -2.26. The average Bonchev–Trinajstić information content (AvgIpc) is 3.05. The first-order valence-electron chi connectivity index (χ1n) is 8.74. The van der Waals surface area contributed by atoms with Gasteiger partial charge in [-0.15, -0.1) is 0 Å². The zero-order valence-corrected chi connectivity index (χ0v) is 15.6. The number of amides is 1. The molecule has 0 unspecified atom stereocenters. The number of aromatic nitrogens is 2. The van der Waals surface area contributed by atoms with E-state index in [9.17, 15) is 9.90 Å². The van der Waals surface area contributed by atoms with Gasteiger partial charge in [0.15, 0.2) is 5.16 Å². The lowest BCUT2D eigenvalue weighted by atomic mass is 9.93. The summed E-state index contributed by atoms with van der Waals surface area (Å²) in [6.07, 6.45) is 6.76. The van der Waals surface area contributed by atoms with E-state index in [1.807, 2.05) is 10.8 Å². The average molecular weight is 359 g/mol. The normalized spacial score (nSPS) is 20.4. The molecule has 25 heavy (non-hydrogen) atoms. The quantitative estimate of drug-likeness (QED) is 0.806. The van der Waals surface area contributed by atoms with E-state index >= 15 is 0 Å². The Hall–Kier alpha value is -1.79. The summed E-state index contributed by atoms with van der Waals surface area (Å²) in [5, 5.41) is 13.4. The van der Waals surface area contributed by atoms with Crippen LogP contribution < -0.4 is 5.32 Å². The Bertz CT molecular complexity index is 736. The van der Waals surface area contributed by atoms with Crippen LogP contribution in [0.1, 0.15) is 36.8 Å². The first-order valence-corrected chi connectivity index (χ1v) is 9.72. The van der Waals surface area contributed by atoms with Crippen LogP contribution in [-0.4, -0.2) is 38.5 Å². The molecular formula is C19H25N3O2S. The van der Waals surface area contributed by atoms with Crippen molar-refractivity contribution in [2.45, 2.75) is 56.8 Å². The zero-order valence-electron chi connectivity index (χ0n) is 14.7. The Balaban J connectivity index is 1.60. The fourth-order valence-corrected chi connectivity index (χ4v) is 3.96. The van der Waals surface area contributed by atoms with Crippen LogP contribution in [0.15, 0.2) is 35.7 Å². The molecule has 1 saturated carbocycles. The highest BCUT2D eigenvalue weighted by atomic mass is 32.2. The van der Waals surface area contributed by atoms with Gasteiger partial charge >= 0.3 is 0 Å². The molecule has 1 aromatic carbocycles. The second-order valence-electron chi connectivity index (χ2n) is 6.73. The standard InChI is InChI=1S/C19H25N3O2S/c1-13-3-4-14(2)17(11-13)22-10-9-20-19(22)25-12-18(24)21-15-5-7-16(23)8-6-15/h3-4,9-11,15-16,23H,5-8,12H2,1-2H3,(H,21,24). The van der Waals surface area contributed by atoms with Crippen molar-refractivity contribution in [3.05, 3.63) is 41.7 Å². The summed E-state index contributed by atoms with van der Waals surface area (Å²) in [5.41, 5.74) is 3.47. The molecule has 3 rings (SSSR count). The zero-order chi connectivity index (χ0) is 17.8. The molecule has 1 amide bonds. The van der Waals surface area contributed by atoms with Gasteiger partial charge in [0.2, 0.25) is 5.91 Å². The number of hydrogen-bond acceptors (Lipinski definition) is 4. The van der Waals surface area contributed by atoms with Crippen LogP contribution in [-0.2, 0) is 4.79 Å². The van der Waals surface area contributed by atoms with E-state index in [4.69, 9.17) is 0 Å². The molecule has 0 saturated heterocycles. The topological polar surface area (TPSA) is 67.2 Å². The van der Waals surface area contributed by atoms with Crippen LogP contribution in [0, 0.1) is 13.8 Å². The number of thioether (sulfide) groups is 1. The van der Waals surface area contributed by atoms with E-state index in [0.717, 1.165) is 36.5 Å².